The molecule has 0 unspecified atom stereocenters. The number of hydrogen-bond donors (Lipinski definition) is 1. The van der Waals surface area contributed by atoms with Crippen molar-refractivity contribution in [1.82, 2.24) is 19.7 Å². The van der Waals surface area contributed by atoms with Gasteiger partial charge in [0.1, 0.15) is 0 Å². The van der Waals surface area contributed by atoms with Gasteiger partial charge in [-0.1, -0.05) is 0 Å². The zero-order chi connectivity index (χ0) is 14.8. The second-order valence-electron chi connectivity index (χ2n) is 5.34. The highest BCUT2D eigenvalue weighted by Gasteiger charge is 2.16. The van der Waals surface area contributed by atoms with Gasteiger partial charge >= 0.3 is 0 Å². The third-order valence-corrected chi connectivity index (χ3v) is 4.41. The van der Waals surface area contributed by atoms with E-state index in [1.54, 1.807) is 11.3 Å². The summed E-state index contributed by atoms with van der Waals surface area (Å²) in [7, 11) is 0. The van der Waals surface area contributed by atoms with Crippen molar-refractivity contribution in [2.45, 2.75) is 33.4 Å². The van der Waals surface area contributed by atoms with E-state index in [1.165, 1.54) is 17.5 Å². The van der Waals surface area contributed by atoms with Gasteiger partial charge in [-0.2, -0.15) is 5.10 Å². The first-order valence-corrected chi connectivity index (χ1v) is 7.90. The lowest BCUT2D eigenvalue weighted by Gasteiger charge is -2.17. The summed E-state index contributed by atoms with van der Waals surface area (Å²) in [5.41, 5.74) is 2.42. The summed E-state index contributed by atoms with van der Waals surface area (Å²) in [4.78, 5) is 18.8. The minimum absolute atomic E-state index is 0.0773. The van der Waals surface area contributed by atoms with Crippen molar-refractivity contribution in [2.24, 2.45) is 0 Å². The molecule has 0 spiro atoms. The van der Waals surface area contributed by atoms with E-state index in [0.717, 1.165) is 38.3 Å². The van der Waals surface area contributed by atoms with Crippen LogP contribution in [0.3, 0.4) is 0 Å². The van der Waals surface area contributed by atoms with Crippen LogP contribution in [0, 0.1) is 6.92 Å². The molecule has 0 saturated carbocycles. The van der Waals surface area contributed by atoms with Gasteiger partial charge in [0.25, 0.3) is 0 Å². The number of amides is 1. The molecular weight excluding hydrogens is 286 g/mol. The van der Waals surface area contributed by atoms with Gasteiger partial charge in [0.15, 0.2) is 5.13 Å². The molecule has 0 radical (unpaired) electrons. The van der Waals surface area contributed by atoms with Gasteiger partial charge in [0.2, 0.25) is 5.91 Å². The van der Waals surface area contributed by atoms with Crippen molar-refractivity contribution in [1.29, 1.82) is 0 Å². The second kappa shape index (κ2) is 5.95. The summed E-state index contributed by atoms with van der Waals surface area (Å²) in [5.74, 6) is -0.0773. The smallest absolute Gasteiger partial charge is 0.223 e. The fourth-order valence-electron chi connectivity index (χ4n) is 2.58. The molecule has 0 fully saturated rings. The monoisotopic (exact) mass is 305 g/mol. The number of hydrogen-bond acceptors (Lipinski definition) is 5. The van der Waals surface area contributed by atoms with E-state index in [9.17, 15) is 4.79 Å². The van der Waals surface area contributed by atoms with Crippen molar-refractivity contribution >= 4 is 22.4 Å². The Bertz CT molecular complexity index is 622. The Morgan fingerprint density at radius 2 is 2.29 bits per heavy atom. The van der Waals surface area contributed by atoms with Gasteiger partial charge in [0, 0.05) is 49.7 Å². The SMILES string of the molecule is CC(=O)Nc1ncc(CN2CCc3cc(C)nn3CC2)s1. The molecule has 0 aliphatic carbocycles. The van der Waals surface area contributed by atoms with Crippen LogP contribution in [0.5, 0.6) is 0 Å². The Labute approximate surface area is 127 Å². The number of nitrogens with zero attached hydrogens (tertiary/aromatic N) is 4. The molecule has 7 heteroatoms. The highest BCUT2D eigenvalue weighted by molar-refractivity contribution is 7.15. The van der Waals surface area contributed by atoms with Crippen LogP contribution in [0.1, 0.15) is 23.2 Å². The van der Waals surface area contributed by atoms with Gasteiger partial charge in [-0.15, -0.1) is 11.3 Å². The van der Waals surface area contributed by atoms with Crippen molar-refractivity contribution in [3.8, 4) is 0 Å². The summed E-state index contributed by atoms with van der Waals surface area (Å²) in [6.07, 6.45) is 2.88. The molecule has 0 aromatic carbocycles. The molecule has 1 aliphatic heterocycles. The third-order valence-electron chi connectivity index (χ3n) is 3.51. The highest BCUT2D eigenvalue weighted by Crippen LogP contribution is 2.20. The summed E-state index contributed by atoms with van der Waals surface area (Å²) < 4.78 is 2.12. The molecular formula is C14H19N5OS. The molecule has 21 heavy (non-hydrogen) atoms. The van der Waals surface area contributed by atoms with Crippen molar-refractivity contribution in [3.05, 3.63) is 28.5 Å². The number of rotatable bonds is 3. The topological polar surface area (TPSA) is 63.1 Å². The van der Waals surface area contributed by atoms with Crippen LogP contribution >= 0.6 is 11.3 Å². The number of fused-ring (bicyclic) bond motifs is 1. The van der Waals surface area contributed by atoms with Crippen LogP contribution in [-0.4, -0.2) is 38.7 Å². The summed E-state index contributed by atoms with van der Waals surface area (Å²) in [6, 6.07) is 2.17. The van der Waals surface area contributed by atoms with E-state index in [0.29, 0.717) is 5.13 Å². The third kappa shape index (κ3) is 3.48. The van der Waals surface area contributed by atoms with E-state index in [2.05, 4.69) is 31.0 Å². The maximum absolute atomic E-state index is 11.0. The molecule has 0 saturated heterocycles. The Kier molecular flexibility index (Phi) is 4.03. The highest BCUT2D eigenvalue weighted by atomic mass is 32.1. The van der Waals surface area contributed by atoms with E-state index in [1.807, 2.05) is 13.1 Å². The number of nitrogens with one attached hydrogen (secondary N) is 1. The first-order chi connectivity index (χ1) is 10.1. The Morgan fingerprint density at radius 1 is 1.43 bits per heavy atom. The van der Waals surface area contributed by atoms with Crippen LogP contribution < -0.4 is 5.32 Å². The number of anilines is 1. The molecule has 112 valence electrons. The van der Waals surface area contributed by atoms with Gasteiger partial charge in [-0.3, -0.25) is 14.4 Å². The molecule has 6 nitrogen and oxygen atoms in total. The largest absolute Gasteiger partial charge is 0.302 e. The number of aryl methyl sites for hydroxylation is 1. The molecule has 0 bridgehead atoms. The van der Waals surface area contributed by atoms with Crippen LogP contribution in [0.4, 0.5) is 5.13 Å². The van der Waals surface area contributed by atoms with Crippen LogP contribution in [0.15, 0.2) is 12.3 Å². The predicted octanol–water partition coefficient (Wildman–Crippen LogP) is 1.66. The fourth-order valence-corrected chi connectivity index (χ4v) is 3.48. The maximum atomic E-state index is 11.0. The molecule has 2 aromatic heterocycles. The Morgan fingerprint density at radius 3 is 3.10 bits per heavy atom. The molecule has 0 atom stereocenters. The normalized spacial score (nSPS) is 15.5. The van der Waals surface area contributed by atoms with Crippen LogP contribution in [-0.2, 0) is 24.3 Å². The number of aromatic nitrogens is 3. The van der Waals surface area contributed by atoms with Crippen molar-refractivity contribution < 1.29 is 4.79 Å². The minimum Gasteiger partial charge on any atom is -0.302 e. The fraction of sp³-hybridized carbons (Fsp3) is 0.500. The lowest BCUT2D eigenvalue weighted by molar-refractivity contribution is -0.114. The average molecular weight is 305 g/mol. The zero-order valence-electron chi connectivity index (χ0n) is 12.3. The molecule has 2 aromatic rings. The summed E-state index contributed by atoms with van der Waals surface area (Å²) in [5, 5.41) is 7.93. The van der Waals surface area contributed by atoms with Gasteiger partial charge in [-0.05, 0) is 13.0 Å². The maximum Gasteiger partial charge on any atom is 0.223 e. The van der Waals surface area contributed by atoms with Gasteiger partial charge in [-0.25, -0.2) is 4.98 Å². The number of carbonyl (C=O) groups is 1. The summed E-state index contributed by atoms with van der Waals surface area (Å²) in [6.45, 7) is 7.36. The van der Waals surface area contributed by atoms with E-state index in [4.69, 9.17) is 0 Å². The molecule has 1 aliphatic rings. The van der Waals surface area contributed by atoms with Crippen LogP contribution in [0.25, 0.3) is 0 Å². The Balaban J connectivity index is 1.60. The predicted molar refractivity (Wildman–Crippen MR) is 82.4 cm³/mol. The van der Waals surface area contributed by atoms with Crippen molar-refractivity contribution in [3.63, 3.8) is 0 Å². The van der Waals surface area contributed by atoms with Gasteiger partial charge in [0.05, 0.1) is 12.2 Å². The quantitative estimate of drug-likeness (QED) is 0.937. The first kappa shape index (κ1) is 14.2. The lowest BCUT2D eigenvalue weighted by Crippen LogP contribution is -2.26. The van der Waals surface area contributed by atoms with Crippen molar-refractivity contribution in [2.75, 3.05) is 18.4 Å². The summed E-state index contributed by atoms with van der Waals surface area (Å²) >= 11 is 1.54. The molecule has 1 amide bonds. The van der Waals surface area contributed by atoms with E-state index in [-0.39, 0.29) is 5.91 Å². The Hall–Kier alpha value is -1.73. The van der Waals surface area contributed by atoms with E-state index >= 15 is 0 Å². The first-order valence-electron chi connectivity index (χ1n) is 7.08. The zero-order valence-corrected chi connectivity index (χ0v) is 13.1. The number of thiazole rings is 1. The molecule has 1 N–H and O–H groups in total. The van der Waals surface area contributed by atoms with Crippen LogP contribution in [0.2, 0.25) is 0 Å². The second-order valence-corrected chi connectivity index (χ2v) is 6.45. The minimum atomic E-state index is -0.0773. The van der Waals surface area contributed by atoms with Gasteiger partial charge < -0.3 is 5.32 Å². The molecule has 3 rings (SSSR count). The lowest BCUT2D eigenvalue weighted by atomic mass is 10.3. The molecule has 3 heterocycles. The van der Waals surface area contributed by atoms with E-state index < -0.39 is 0 Å². The standard InChI is InChI=1S/C14H19N5OS/c1-10-7-12-3-4-18(5-6-19(12)17-10)9-13-8-15-14(21-13)16-11(2)20/h7-8H,3-6,9H2,1-2H3,(H,15,16,20). The average Bonchev–Trinajstić information content (AvgIpc) is 2.94. The number of carbonyl (C=O) groups excluding carboxylic acids is 1.